The van der Waals surface area contributed by atoms with Crippen LogP contribution in [0, 0.1) is 12.7 Å². The largest absolute Gasteiger partial charge is 0.451 e. The van der Waals surface area contributed by atoms with E-state index in [2.05, 4.69) is 36.6 Å². The maximum Gasteiger partial charge on any atom is 0.339 e. The summed E-state index contributed by atoms with van der Waals surface area (Å²) in [6.45, 7) is 2.14. The minimum Gasteiger partial charge on any atom is -0.451 e. The molecule has 1 aromatic heterocycles. The Hall–Kier alpha value is -2.98. The van der Waals surface area contributed by atoms with Crippen molar-refractivity contribution in [3.8, 4) is 4.90 Å². The summed E-state index contributed by atoms with van der Waals surface area (Å²) in [5.41, 5.74) is 1.84. The van der Waals surface area contributed by atoms with E-state index in [4.69, 9.17) is 4.74 Å². The molecule has 2 nitrogen and oxygen atoms in total. The van der Waals surface area contributed by atoms with E-state index in [1.807, 2.05) is 30.3 Å². The maximum absolute atomic E-state index is 13.8. The predicted octanol–water partition coefficient (Wildman–Crippen LogP) is 7.65. The van der Waals surface area contributed by atoms with E-state index in [1.54, 1.807) is 6.07 Å². The molecule has 1 aliphatic rings. The molecule has 156 valence electrons. The quantitative estimate of drug-likeness (QED) is 0.245. The Labute approximate surface area is 184 Å². The number of hydrogen-bond donors (Lipinski definition) is 0. The lowest BCUT2D eigenvalue weighted by atomic mass is 9.91. The van der Waals surface area contributed by atoms with E-state index in [-0.39, 0.29) is 22.3 Å². The fourth-order valence-corrected chi connectivity index (χ4v) is 6.74. The lowest BCUT2D eigenvalue weighted by Gasteiger charge is -2.29. The molecule has 1 atom stereocenters. The summed E-state index contributed by atoms with van der Waals surface area (Å²) >= 11 is 0. The zero-order chi connectivity index (χ0) is 21.4. The normalized spacial score (nSPS) is 15.9. The zero-order valence-electron chi connectivity index (χ0n) is 17.4. The Morgan fingerprint density at radius 3 is 2.45 bits per heavy atom. The van der Waals surface area contributed by atoms with E-state index < -0.39 is 5.60 Å². The topological polar surface area (TPSA) is 26.3 Å². The molecular weight excluding hydrogens is 407 g/mol. The van der Waals surface area contributed by atoms with E-state index in [0.29, 0.717) is 5.56 Å². The van der Waals surface area contributed by atoms with Crippen molar-refractivity contribution in [1.29, 1.82) is 0 Å². The molecule has 4 heteroatoms. The minimum absolute atomic E-state index is 0.118. The smallest absolute Gasteiger partial charge is 0.339 e. The Morgan fingerprint density at radius 1 is 0.968 bits per heavy atom. The predicted molar refractivity (Wildman–Crippen MR) is 124 cm³/mol. The highest BCUT2D eigenvalue weighted by molar-refractivity contribution is 7.43. The molecule has 1 fully saturated rings. The number of halogens is 1. The molecule has 31 heavy (non-hydrogen) atoms. The highest BCUT2D eigenvalue weighted by Gasteiger charge is 2.40. The Bertz CT molecular complexity index is 1250. The molecule has 3 aromatic carbocycles. The monoisotopic (exact) mass is 431 g/mol. The van der Waals surface area contributed by atoms with Crippen molar-refractivity contribution in [3.63, 3.8) is 0 Å². The highest BCUT2D eigenvalue weighted by atomic mass is 32.2. The van der Waals surface area contributed by atoms with Gasteiger partial charge in [0.15, 0.2) is 9.60 Å². The molecule has 1 heterocycles. The van der Waals surface area contributed by atoms with Gasteiger partial charge in [0, 0.05) is 21.4 Å². The number of fused-ring (bicyclic) bond motifs is 1. The zero-order valence-corrected chi connectivity index (χ0v) is 18.3. The third-order valence-corrected chi connectivity index (χ3v) is 8.44. The van der Waals surface area contributed by atoms with E-state index in [0.717, 1.165) is 31.2 Å². The first-order chi connectivity index (χ1) is 15.1. The molecule has 0 radical (unpaired) electrons. The highest BCUT2D eigenvalue weighted by Crippen LogP contribution is 2.44. The Balaban J connectivity index is 1.42. The van der Waals surface area contributed by atoms with Crippen LogP contribution in [0.2, 0.25) is 0 Å². The number of carbonyl (C=O) groups excluding carboxylic acids is 1. The standard InChI is InChI=1S/C27H24FO2S/c1-19-18-31(25-10-3-2-9-24(19)25)23-13-11-20(12-14-23)26(29)30-27(15-4-5-16-27)21-7-6-8-22(28)17-21/h2-3,6-14,17-18H,4-5,15-16H2,1H3/q+1. The second-order valence-corrected chi connectivity index (χ2v) is 10.1. The first-order valence-corrected chi connectivity index (χ1v) is 11.9. The fourth-order valence-electron chi connectivity index (χ4n) is 4.62. The van der Waals surface area contributed by atoms with Gasteiger partial charge in [-0.3, -0.25) is 0 Å². The van der Waals surface area contributed by atoms with Gasteiger partial charge in [0.05, 0.1) is 5.56 Å². The van der Waals surface area contributed by atoms with Crippen LogP contribution in [0.5, 0.6) is 0 Å². The van der Waals surface area contributed by atoms with Gasteiger partial charge >= 0.3 is 5.97 Å². The number of rotatable bonds is 4. The average molecular weight is 432 g/mol. The van der Waals surface area contributed by atoms with Crippen LogP contribution in [0.25, 0.3) is 15.0 Å². The molecule has 0 N–H and O–H groups in total. The SMILES string of the molecule is Cc1c[s+](-c2ccc(C(=O)OC3(c4cccc(F)c4)CCCC3)cc2)c2ccccc12. The number of hydrogen-bond acceptors (Lipinski definition) is 2. The van der Waals surface area contributed by atoms with Gasteiger partial charge in [-0.15, -0.1) is 0 Å². The number of ether oxygens (including phenoxy) is 1. The summed E-state index contributed by atoms with van der Waals surface area (Å²) in [5.74, 6) is -0.648. The first kappa shape index (κ1) is 20.0. The van der Waals surface area contributed by atoms with Crippen molar-refractivity contribution in [1.82, 2.24) is 0 Å². The van der Waals surface area contributed by atoms with E-state index in [1.165, 1.54) is 32.7 Å². The number of aryl methyl sites for hydroxylation is 1. The molecule has 1 saturated carbocycles. The number of thiophene rings is 1. The average Bonchev–Trinajstić information content (AvgIpc) is 3.40. The summed E-state index contributed by atoms with van der Waals surface area (Å²) in [6, 6.07) is 22.7. The summed E-state index contributed by atoms with van der Waals surface area (Å²) in [6.07, 6.45) is 3.39. The second kappa shape index (κ2) is 7.93. The van der Waals surface area contributed by atoms with Crippen LogP contribution in [0.1, 0.15) is 47.2 Å². The molecule has 0 amide bonds. The lowest BCUT2D eigenvalue weighted by molar-refractivity contribution is -0.0185. The van der Waals surface area contributed by atoms with Gasteiger partial charge in [0.25, 0.3) is 0 Å². The van der Waals surface area contributed by atoms with Gasteiger partial charge in [-0.25, -0.2) is 9.18 Å². The van der Waals surface area contributed by atoms with Crippen molar-refractivity contribution in [2.24, 2.45) is 0 Å². The number of carbonyl (C=O) groups is 1. The van der Waals surface area contributed by atoms with Gasteiger partial charge in [0.2, 0.25) is 0 Å². The number of esters is 1. The molecular formula is C27H24FO2S+. The first-order valence-electron chi connectivity index (χ1n) is 10.7. The molecule has 0 aliphatic heterocycles. The van der Waals surface area contributed by atoms with Gasteiger partial charge in [0.1, 0.15) is 16.8 Å². The van der Waals surface area contributed by atoms with Crippen LogP contribution in [-0.2, 0) is 10.3 Å². The summed E-state index contributed by atoms with van der Waals surface area (Å²) < 4.78 is 21.2. The Morgan fingerprint density at radius 2 is 1.71 bits per heavy atom. The number of benzene rings is 3. The maximum atomic E-state index is 13.8. The summed E-state index contributed by atoms with van der Waals surface area (Å²) in [5, 5.41) is 3.60. The van der Waals surface area contributed by atoms with Gasteiger partial charge in [-0.1, -0.05) is 24.3 Å². The Kier molecular flexibility index (Phi) is 5.11. The third kappa shape index (κ3) is 3.66. The molecule has 1 aliphatic carbocycles. The molecule has 0 bridgehead atoms. The van der Waals surface area contributed by atoms with Gasteiger partial charge < -0.3 is 4.74 Å². The fraction of sp³-hybridized carbons (Fsp3) is 0.222. The molecule has 0 saturated heterocycles. The molecule has 1 unspecified atom stereocenters. The van der Waals surface area contributed by atoms with E-state index in [9.17, 15) is 9.18 Å². The van der Waals surface area contributed by atoms with Crippen LogP contribution in [0.15, 0.2) is 78.2 Å². The van der Waals surface area contributed by atoms with Gasteiger partial charge in [-0.05, 0) is 86.7 Å². The summed E-state index contributed by atoms with van der Waals surface area (Å²) in [7, 11) is -0.118. The van der Waals surface area contributed by atoms with Crippen molar-refractivity contribution >= 4 is 26.5 Å². The molecule has 4 aromatic rings. The van der Waals surface area contributed by atoms with Gasteiger partial charge in [-0.2, -0.15) is 0 Å². The molecule has 5 rings (SSSR count). The van der Waals surface area contributed by atoms with Crippen LogP contribution in [0.4, 0.5) is 4.39 Å². The van der Waals surface area contributed by atoms with Crippen LogP contribution < -0.4 is 0 Å². The van der Waals surface area contributed by atoms with Crippen molar-refractivity contribution in [3.05, 3.63) is 101 Å². The van der Waals surface area contributed by atoms with Crippen molar-refractivity contribution < 1.29 is 13.9 Å². The minimum atomic E-state index is -0.732. The lowest BCUT2D eigenvalue weighted by Crippen LogP contribution is -2.29. The van der Waals surface area contributed by atoms with Crippen molar-refractivity contribution in [2.45, 2.75) is 38.2 Å². The van der Waals surface area contributed by atoms with E-state index >= 15 is 0 Å². The van der Waals surface area contributed by atoms with Crippen LogP contribution >= 0.6 is 10.5 Å². The summed E-state index contributed by atoms with van der Waals surface area (Å²) in [4.78, 5) is 14.2. The van der Waals surface area contributed by atoms with Crippen LogP contribution in [-0.4, -0.2) is 5.97 Å². The second-order valence-electron chi connectivity index (χ2n) is 8.26. The molecule has 0 spiro atoms. The van der Waals surface area contributed by atoms with Crippen LogP contribution in [0.3, 0.4) is 0 Å². The van der Waals surface area contributed by atoms with Crippen molar-refractivity contribution in [2.75, 3.05) is 0 Å². The third-order valence-electron chi connectivity index (χ3n) is 6.24.